The SMILES string of the molecule is CCOC(=O)[C@H]1C[C@H]1CCCCCCN(C)C(=O)[C@@H]1C[C@H](Oc2cc(-c3csc(NC(C)C)n3)nc3cc(OC)ccc23)CC1C(N)=O. The molecule has 3 aromatic rings. The van der Waals surface area contributed by atoms with Crippen LogP contribution in [-0.2, 0) is 19.1 Å². The molecule has 3 N–H and O–H groups in total. The third-order valence-electron chi connectivity index (χ3n) is 9.36. The second kappa shape index (κ2) is 16.0. The number of hydrogen-bond acceptors (Lipinski definition) is 10. The van der Waals surface area contributed by atoms with E-state index in [1.54, 1.807) is 19.1 Å². The van der Waals surface area contributed by atoms with Crippen molar-refractivity contribution in [1.29, 1.82) is 0 Å². The fourth-order valence-electron chi connectivity index (χ4n) is 6.70. The van der Waals surface area contributed by atoms with Crippen molar-refractivity contribution in [2.45, 2.75) is 84.3 Å². The van der Waals surface area contributed by atoms with Crippen molar-refractivity contribution >= 4 is 45.2 Å². The number of primary amides is 1. The molecule has 0 bridgehead atoms. The highest BCUT2D eigenvalue weighted by Gasteiger charge is 2.44. The van der Waals surface area contributed by atoms with Gasteiger partial charge in [0.05, 0.1) is 42.7 Å². The summed E-state index contributed by atoms with van der Waals surface area (Å²) < 4.78 is 17.2. The second-order valence-corrected chi connectivity index (χ2v) is 14.2. The zero-order valence-electron chi connectivity index (χ0n) is 28.7. The number of hydrogen-bond donors (Lipinski definition) is 2. The van der Waals surface area contributed by atoms with Crippen LogP contribution >= 0.6 is 11.3 Å². The molecule has 1 unspecified atom stereocenters. The van der Waals surface area contributed by atoms with Crippen LogP contribution in [0.5, 0.6) is 11.5 Å². The van der Waals surface area contributed by atoms with Crippen LogP contribution in [-0.4, -0.2) is 72.1 Å². The molecular formula is C36H49N5O6S. The lowest BCUT2D eigenvalue weighted by Crippen LogP contribution is -2.39. The van der Waals surface area contributed by atoms with E-state index >= 15 is 0 Å². The second-order valence-electron chi connectivity index (χ2n) is 13.4. The first-order valence-corrected chi connectivity index (χ1v) is 18.0. The van der Waals surface area contributed by atoms with Crippen LogP contribution in [0.3, 0.4) is 0 Å². The highest BCUT2D eigenvalue weighted by Crippen LogP contribution is 2.43. The summed E-state index contributed by atoms with van der Waals surface area (Å²) in [7, 11) is 3.41. The maximum Gasteiger partial charge on any atom is 0.309 e. The van der Waals surface area contributed by atoms with Gasteiger partial charge in [0, 0.05) is 42.5 Å². The minimum Gasteiger partial charge on any atom is -0.497 e. The van der Waals surface area contributed by atoms with Crippen LogP contribution in [0.1, 0.15) is 72.1 Å². The van der Waals surface area contributed by atoms with Gasteiger partial charge in [-0.3, -0.25) is 14.4 Å². The Bertz CT molecular complexity index is 1590. The molecule has 260 valence electrons. The maximum atomic E-state index is 13.6. The van der Waals surface area contributed by atoms with E-state index in [9.17, 15) is 14.4 Å². The van der Waals surface area contributed by atoms with Crippen molar-refractivity contribution in [3.63, 3.8) is 0 Å². The van der Waals surface area contributed by atoms with Gasteiger partial charge in [-0.05, 0) is 70.9 Å². The van der Waals surface area contributed by atoms with Gasteiger partial charge >= 0.3 is 5.97 Å². The number of thiazole rings is 1. The number of methoxy groups -OCH3 is 1. The number of anilines is 1. The molecule has 2 aromatic heterocycles. The zero-order valence-corrected chi connectivity index (χ0v) is 29.5. The summed E-state index contributed by atoms with van der Waals surface area (Å²) in [6.45, 7) is 7.02. The first-order chi connectivity index (χ1) is 23.1. The predicted molar refractivity (Wildman–Crippen MR) is 187 cm³/mol. The first-order valence-electron chi connectivity index (χ1n) is 17.2. The Morgan fingerprint density at radius 3 is 2.52 bits per heavy atom. The number of aromatic nitrogens is 2. The molecule has 2 heterocycles. The zero-order chi connectivity index (χ0) is 34.4. The number of fused-ring (bicyclic) bond motifs is 1. The molecule has 2 fully saturated rings. The van der Waals surface area contributed by atoms with Gasteiger partial charge in [0.2, 0.25) is 11.8 Å². The average Bonchev–Trinajstić information content (AvgIpc) is 3.47. The summed E-state index contributed by atoms with van der Waals surface area (Å²) >= 11 is 1.51. The van der Waals surface area contributed by atoms with Crippen LogP contribution < -0.4 is 20.5 Å². The third kappa shape index (κ3) is 8.75. The Morgan fingerprint density at radius 2 is 1.79 bits per heavy atom. The fraction of sp³-hybridized carbons (Fsp3) is 0.583. The van der Waals surface area contributed by atoms with Crippen LogP contribution in [0.25, 0.3) is 22.3 Å². The summed E-state index contributed by atoms with van der Waals surface area (Å²) in [6.07, 6.45) is 6.38. The molecule has 2 aliphatic rings. The molecule has 2 saturated carbocycles. The van der Waals surface area contributed by atoms with Gasteiger partial charge in [-0.1, -0.05) is 19.3 Å². The number of nitrogens with one attached hydrogen (secondary N) is 1. The van der Waals surface area contributed by atoms with Crippen molar-refractivity contribution in [3.05, 3.63) is 29.6 Å². The van der Waals surface area contributed by atoms with Gasteiger partial charge in [-0.25, -0.2) is 9.97 Å². The van der Waals surface area contributed by atoms with Crippen molar-refractivity contribution in [1.82, 2.24) is 14.9 Å². The topological polar surface area (TPSA) is 146 Å². The minimum absolute atomic E-state index is 0.0555. The molecule has 0 spiro atoms. The number of nitrogens with two attached hydrogens (primary N) is 1. The Labute approximate surface area is 286 Å². The van der Waals surface area contributed by atoms with Crippen LogP contribution in [0.4, 0.5) is 5.13 Å². The number of carbonyl (C=O) groups is 3. The predicted octanol–water partition coefficient (Wildman–Crippen LogP) is 6.05. The molecule has 2 aliphatic carbocycles. The number of amides is 2. The molecule has 5 atom stereocenters. The van der Waals surface area contributed by atoms with Gasteiger partial charge in [-0.15, -0.1) is 11.3 Å². The lowest BCUT2D eigenvalue weighted by Gasteiger charge is -2.23. The lowest BCUT2D eigenvalue weighted by molar-refractivity contribution is -0.145. The monoisotopic (exact) mass is 679 g/mol. The van der Waals surface area contributed by atoms with Crippen LogP contribution in [0.2, 0.25) is 0 Å². The number of rotatable bonds is 17. The summed E-state index contributed by atoms with van der Waals surface area (Å²) in [5, 5.41) is 6.90. The standard InChI is InChI=1S/C36H49N5O6S/c1-6-46-35(44)26-15-22(26)11-9-7-8-10-14-41(4)34(43)28-17-24(16-27(28)33(37)42)47-32-19-30(31-20-48-36(40-31)38-21(2)3)39-29-18-23(45-5)12-13-25(29)32/h12-13,18-22,24,26-28H,6-11,14-17H2,1-5H3,(H2,37,42)(H,38,40)/t22-,24-,26+,27?,28-/m1/s1. The molecular weight excluding hydrogens is 630 g/mol. The summed E-state index contributed by atoms with van der Waals surface area (Å²) in [4.78, 5) is 49.3. The van der Waals surface area contributed by atoms with Gasteiger partial charge in [0.25, 0.3) is 0 Å². The highest BCUT2D eigenvalue weighted by atomic mass is 32.1. The summed E-state index contributed by atoms with van der Waals surface area (Å²) in [5.74, 6) is 0.0841. The highest BCUT2D eigenvalue weighted by molar-refractivity contribution is 7.14. The number of unbranched alkanes of at least 4 members (excludes halogenated alkanes) is 3. The first kappa shape index (κ1) is 35.4. The number of nitrogens with zero attached hydrogens (tertiary/aromatic N) is 3. The van der Waals surface area contributed by atoms with Gasteiger partial charge in [0.1, 0.15) is 23.3 Å². The quantitative estimate of drug-likeness (QED) is 0.129. The molecule has 2 amide bonds. The molecule has 12 heteroatoms. The molecule has 1 aromatic carbocycles. The molecule has 0 aliphatic heterocycles. The van der Waals surface area contributed by atoms with E-state index in [4.69, 9.17) is 29.9 Å². The van der Waals surface area contributed by atoms with Crippen molar-refractivity contribution < 1.29 is 28.6 Å². The number of esters is 1. The normalized spacial score (nSPS) is 21.7. The summed E-state index contributed by atoms with van der Waals surface area (Å²) in [6, 6.07) is 7.76. The van der Waals surface area contributed by atoms with E-state index < -0.39 is 17.7 Å². The van der Waals surface area contributed by atoms with Crippen LogP contribution in [0, 0.1) is 23.7 Å². The van der Waals surface area contributed by atoms with E-state index in [0.29, 0.717) is 54.6 Å². The molecule has 11 nitrogen and oxygen atoms in total. The largest absolute Gasteiger partial charge is 0.497 e. The molecule has 0 radical (unpaired) electrons. The maximum absolute atomic E-state index is 13.6. The Morgan fingerprint density at radius 1 is 1.02 bits per heavy atom. The minimum atomic E-state index is -0.605. The van der Waals surface area contributed by atoms with Gasteiger partial charge in [0.15, 0.2) is 5.13 Å². The summed E-state index contributed by atoms with van der Waals surface area (Å²) in [5.41, 5.74) is 7.92. The van der Waals surface area contributed by atoms with Gasteiger partial charge in [-0.2, -0.15) is 0 Å². The number of benzene rings is 1. The van der Waals surface area contributed by atoms with E-state index in [1.807, 2.05) is 36.6 Å². The third-order valence-corrected chi connectivity index (χ3v) is 10.1. The Hall–Kier alpha value is -3.93. The van der Waals surface area contributed by atoms with Crippen molar-refractivity contribution in [2.24, 2.45) is 29.4 Å². The fourth-order valence-corrected chi connectivity index (χ4v) is 7.55. The molecule has 5 rings (SSSR count). The molecule has 48 heavy (non-hydrogen) atoms. The number of ether oxygens (including phenoxy) is 3. The van der Waals surface area contributed by atoms with Crippen molar-refractivity contribution in [2.75, 3.05) is 32.6 Å². The van der Waals surface area contributed by atoms with Crippen molar-refractivity contribution in [3.8, 4) is 22.9 Å². The lowest BCUT2D eigenvalue weighted by atomic mass is 9.94. The molecule has 0 saturated heterocycles. The Kier molecular flexibility index (Phi) is 11.8. The van der Waals surface area contributed by atoms with E-state index in [0.717, 1.165) is 54.7 Å². The van der Waals surface area contributed by atoms with Crippen LogP contribution in [0.15, 0.2) is 29.6 Å². The average molecular weight is 680 g/mol. The number of carbonyl (C=O) groups excluding carboxylic acids is 3. The van der Waals surface area contributed by atoms with E-state index in [-0.39, 0.29) is 29.9 Å². The van der Waals surface area contributed by atoms with Gasteiger partial charge < -0.3 is 30.2 Å². The van der Waals surface area contributed by atoms with E-state index in [1.165, 1.54) is 11.3 Å². The Balaban J connectivity index is 1.20. The smallest absolute Gasteiger partial charge is 0.309 e. The number of pyridine rings is 1. The van der Waals surface area contributed by atoms with E-state index in [2.05, 4.69) is 19.2 Å².